The molecule has 6 rings (SSSR count). The van der Waals surface area contributed by atoms with Gasteiger partial charge in [-0.15, -0.1) is 0 Å². The van der Waals surface area contributed by atoms with Crippen molar-refractivity contribution in [2.24, 2.45) is 0 Å². The summed E-state index contributed by atoms with van der Waals surface area (Å²) >= 11 is 0. The highest BCUT2D eigenvalue weighted by Crippen LogP contribution is 2.22. The Morgan fingerprint density at radius 2 is 0.609 bits per heavy atom. The van der Waals surface area contributed by atoms with Gasteiger partial charge in [0.25, 0.3) is 0 Å². The monoisotopic (exact) mass is 988 g/mol. The van der Waals surface area contributed by atoms with E-state index in [0.717, 1.165) is 31.1 Å². The first kappa shape index (κ1) is 53.0. The van der Waals surface area contributed by atoms with Crippen LogP contribution in [0.1, 0.15) is 7.43 Å². The van der Waals surface area contributed by atoms with Gasteiger partial charge in [-0.05, 0) is 44.2 Å². The average Bonchev–Trinajstić information content (AvgIpc) is 3.36. The van der Waals surface area contributed by atoms with Crippen molar-refractivity contribution in [1.29, 1.82) is 0 Å². The van der Waals surface area contributed by atoms with Crippen LogP contribution in [0.5, 0.6) is 0 Å². The molecule has 0 aliphatic carbocycles. The van der Waals surface area contributed by atoms with Crippen molar-refractivity contribution < 1.29 is 47.1 Å². The lowest BCUT2D eigenvalue weighted by Crippen LogP contribution is -2.72. The summed E-state index contributed by atoms with van der Waals surface area (Å²) in [5.74, 6) is 0. The highest BCUT2D eigenvalue weighted by molar-refractivity contribution is 7.02. The van der Waals surface area contributed by atoms with E-state index < -0.39 is 62.6 Å². The van der Waals surface area contributed by atoms with E-state index in [4.69, 9.17) is 47.1 Å². The maximum absolute atomic E-state index is 7.25. The van der Waals surface area contributed by atoms with Gasteiger partial charge in [0.2, 0.25) is 0 Å². The maximum atomic E-state index is 7.25. The minimum absolute atomic E-state index is 0. The standard InChI is InChI=1S/C30H40O8Si5.C15H20O3Si2.CH4/c1-31-40(32-2)37-42(27-19-11-7-12-20-27,28-21-13-8-14-22-28)35-39(5)36-43(29-23-15-9-16-24-29,30-25-17-10-18-26-30)38-41(6,33-3)34-4;1-16-19(3)18-20(17-2,14-10-6-4-7-11-14)15-12-8-5-9-13-15;/h7-26,39-40H,1-6H3;4-13,19H,1-3H3;1H4. The van der Waals surface area contributed by atoms with Gasteiger partial charge in [0.05, 0.1) is 0 Å². The largest absolute Gasteiger partial charge is 0.488 e. The summed E-state index contributed by atoms with van der Waals surface area (Å²) in [4.78, 5) is 0. The topological polar surface area (TPSA) is 102 Å². The van der Waals surface area contributed by atoms with Gasteiger partial charge in [-0.2, -0.15) is 0 Å². The maximum Gasteiger partial charge on any atom is 0.488 e. The quantitative estimate of drug-likeness (QED) is 0.0911. The molecule has 0 radical (unpaired) electrons. The Balaban J connectivity index is 0.000000357. The molecule has 0 bridgehead atoms. The van der Waals surface area contributed by atoms with Crippen LogP contribution in [0, 0.1) is 0 Å². The van der Waals surface area contributed by atoms with E-state index >= 15 is 0 Å². The molecular formula is C46H64O11Si7. The summed E-state index contributed by atoms with van der Waals surface area (Å²) in [5, 5.41) is 5.90. The molecule has 6 aromatic carbocycles. The van der Waals surface area contributed by atoms with Gasteiger partial charge in [0.15, 0.2) is 0 Å². The zero-order valence-electron chi connectivity index (χ0n) is 37.5. The predicted octanol–water partition coefficient (Wildman–Crippen LogP) is 4.33. The molecule has 0 amide bonds. The summed E-state index contributed by atoms with van der Waals surface area (Å²) in [6, 6.07) is 60.4. The molecule has 2 unspecified atom stereocenters. The van der Waals surface area contributed by atoms with E-state index in [1.54, 1.807) is 42.7 Å². The summed E-state index contributed by atoms with van der Waals surface area (Å²) in [7, 11) is -9.81. The SMILES string of the molecule is C.CO[SiH](C)O[Si](OC)(c1ccccc1)c1ccccc1.CO[SiH](OC)O[Si](O[SiH](C)O[Si](O[Si](C)(OC)OC)(c1ccccc1)c1ccccc1)(c1ccccc1)c1ccccc1. The first-order valence-corrected chi connectivity index (χ1v) is 33.8. The molecule has 0 spiro atoms. The second kappa shape index (κ2) is 25.9. The molecule has 0 fully saturated rings. The normalized spacial score (nSPS) is 13.0. The van der Waals surface area contributed by atoms with Crippen LogP contribution in [-0.4, -0.2) is 105 Å². The van der Waals surface area contributed by atoms with E-state index in [2.05, 4.69) is 24.3 Å². The van der Waals surface area contributed by atoms with Crippen LogP contribution in [0.3, 0.4) is 0 Å². The second-order valence-electron chi connectivity index (χ2n) is 14.2. The fourth-order valence-corrected chi connectivity index (χ4v) is 30.8. The Hall–Kier alpha value is -3.60. The third-order valence-corrected chi connectivity index (χ3v) is 33.0. The number of hydrogen-bond donors (Lipinski definition) is 0. The van der Waals surface area contributed by atoms with Gasteiger partial charge in [-0.3, -0.25) is 0 Å². The van der Waals surface area contributed by atoms with Crippen molar-refractivity contribution in [3.63, 3.8) is 0 Å². The zero-order valence-corrected chi connectivity index (χ0v) is 45.0. The Bertz CT molecular complexity index is 2050. The Kier molecular flexibility index (Phi) is 21.5. The fourth-order valence-electron chi connectivity index (χ4n) is 6.97. The molecule has 342 valence electrons. The van der Waals surface area contributed by atoms with Crippen LogP contribution in [-0.2, 0) is 47.1 Å². The lowest BCUT2D eigenvalue weighted by molar-refractivity contribution is 0.155. The molecule has 0 saturated heterocycles. The van der Waals surface area contributed by atoms with Crippen LogP contribution in [0.4, 0.5) is 0 Å². The molecule has 0 N–H and O–H groups in total. The molecular weight excluding hydrogens is 925 g/mol. The van der Waals surface area contributed by atoms with Gasteiger partial charge in [-0.1, -0.05) is 189 Å². The first-order chi connectivity index (χ1) is 30.6. The highest BCUT2D eigenvalue weighted by Gasteiger charge is 2.54. The highest BCUT2D eigenvalue weighted by atomic mass is 28.5. The van der Waals surface area contributed by atoms with Crippen LogP contribution in [0.25, 0.3) is 0 Å². The van der Waals surface area contributed by atoms with E-state index in [-0.39, 0.29) is 7.43 Å². The van der Waals surface area contributed by atoms with E-state index in [9.17, 15) is 0 Å². The van der Waals surface area contributed by atoms with Crippen LogP contribution in [0.2, 0.25) is 19.6 Å². The third-order valence-electron chi connectivity index (χ3n) is 10.3. The van der Waals surface area contributed by atoms with Crippen molar-refractivity contribution in [1.82, 2.24) is 0 Å². The van der Waals surface area contributed by atoms with E-state index in [1.165, 1.54) is 0 Å². The van der Waals surface area contributed by atoms with Gasteiger partial charge >= 0.3 is 62.6 Å². The molecule has 11 nitrogen and oxygen atoms in total. The van der Waals surface area contributed by atoms with Crippen LogP contribution >= 0.6 is 0 Å². The smallest absolute Gasteiger partial charge is 0.411 e. The van der Waals surface area contributed by atoms with Crippen molar-refractivity contribution in [3.8, 4) is 0 Å². The average molecular weight is 990 g/mol. The molecule has 0 aliphatic rings. The third kappa shape index (κ3) is 13.1. The van der Waals surface area contributed by atoms with Crippen LogP contribution < -0.4 is 31.1 Å². The molecule has 64 heavy (non-hydrogen) atoms. The number of benzene rings is 6. The fraction of sp³-hybridized carbons (Fsp3) is 0.217. The van der Waals surface area contributed by atoms with Gasteiger partial charge in [-0.25, -0.2) is 0 Å². The van der Waals surface area contributed by atoms with Gasteiger partial charge in [0.1, 0.15) is 0 Å². The second-order valence-corrected chi connectivity index (χ2v) is 33.2. The molecule has 18 heteroatoms. The van der Waals surface area contributed by atoms with Crippen molar-refractivity contribution in [3.05, 3.63) is 182 Å². The lowest BCUT2D eigenvalue weighted by Gasteiger charge is -2.41. The van der Waals surface area contributed by atoms with Gasteiger partial charge < -0.3 is 47.1 Å². The molecule has 0 aromatic heterocycles. The number of rotatable bonds is 22. The summed E-state index contributed by atoms with van der Waals surface area (Å²) in [6.07, 6.45) is 0. The van der Waals surface area contributed by atoms with Crippen molar-refractivity contribution in [2.75, 3.05) is 42.7 Å². The molecule has 0 heterocycles. The van der Waals surface area contributed by atoms with E-state index in [0.29, 0.717) is 0 Å². The Labute approximate surface area is 390 Å². The summed E-state index contributed by atoms with van der Waals surface area (Å²) < 4.78 is 69.2. The zero-order chi connectivity index (χ0) is 45.2. The lowest BCUT2D eigenvalue weighted by atomic mass is 10.4. The summed E-state index contributed by atoms with van der Waals surface area (Å²) in [5.41, 5.74) is 0. The number of hydrogen-bond acceptors (Lipinski definition) is 11. The van der Waals surface area contributed by atoms with Crippen molar-refractivity contribution in [2.45, 2.75) is 27.1 Å². The van der Waals surface area contributed by atoms with E-state index in [1.807, 2.05) is 177 Å². The van der Waals surface area contributed by atoms with Crippen molar-refractivity contribution >= 4 is 93.7 Å². The molecule has 2 atom stereocenters. The first-order valence-electron chi connectivity index (χ1n) is 20.6. The minimum atomic E-state index is -3.48. The Morgan fingerprint density at radius 1 is 0.328 bits per heavy atom. The molecule has 6 aromatic rings. The predicted molar refractivity (Wildman–Crippen MR) is 273 cm³/mol. The van der Waals surface area contributed by atoms with Gasteiger partial charge in [0, 0.05) is 49.2 Å². The Morgan fingerprint density at radius 3 is 0.891 bits per heavy atom. The van der Waals surface area contributed by atoms with Crippen LogP contribution in [0.15, 0.2) is 182 Å². The minimum Gasteiger partial charge on any atom is -0.411 e. The molecule has 0 aliphatic heterocycles. The molecule has 0 saturated carbocycles. The summed E-state index contributed by atoms with van der Waals surface area (Å²) in [6.45, 7) is 5.91.